The molecule has 0 aliphatic carbocycles. The second-order valence-electron chi connectivity index (χ2n) is 1.000. The van der Waals surface area contributed by atoms with Crippen LogP contribution in [0.4, 0.5) is 0 Å². The molecule has 20 heavy (non-hydrogen) atoms. The van der Waals surface area contributed by atoms with Crippen LogP contribution in [-0.4, -0.2) is 0 Å². The monoisotopic (exact) mass is 296 g/mol. The quantitative estimate of drug-likeness (QED) is 0.423. The first kappa shape index (κ1) is 50.4. The van der Waals surface area contributed by atoms with E-state index in [0.29, 0.717) is 0 Å². The highest BCUT2D eigenvalue weighted by molar-refractivity contribution is 4.47. The summed E-state index contributed by atoms with van der Waals surface area (Å²) < 4.78 is 5.74. The second kappa shape index (κ2) is 2350. The van der Waals surface area contributed by atoms with Gasteiger partial charge in [-0.1, -0.05) is 124 Å². The smallest absolute Gasteiger partial charge is 0.124 e. The molecule has 0 fully saturated rings. The van der Waals surface area contributed by atoms with E-state index in [9.17, 15) is 0 Å². The zero-order valence-corrected chi connectivity index (χ0v) is 18.5. The molecule has 0 aromatic carbocycles. The van der Waals surface area contributed by atoms with Crippen LogP contribution >= 0.6 is 0 Å². The lowest BCUT2D eigenvalue weighted by Gasteiger charge is -1.68. The molecule has 0 bridgehead atoms. The highest BCUT2D eigenvalue weighted by Gasteiger charge is 1.56. The van der Waals surface area contributed by atoms with Crippen LogP contribution in [0.15, 0.2) is 0 Å². The molecule has 0 N–H and O–H groups in total. The number of unbranched alkanes of at least 4 members (excludes halogenated alkanes) is 1. The Morgan fingerprint density at radius 1 is 0.500 bits per heavy atom. The first-order valence-corrected chi connectivity index (χ1v) is 9.20. The first-order chi connectivity index (χ1) is 10.3. The Kier molecular flexibility index (Phi) is 5930. The second-order valence-corrected chi connectivity index (χ2v) is 1.000. The van der Waals surface area contributed by atoms with Gasteiger partial charge < -0.3 is 0 Å². The van der Waals surface area contributed by atoms with Crippen molar-refractivity contribution in [3.05, 3.63) is 0 Å². The van der Waals surface area contributed by atoms with Crippen molar-refractivity contribution in [3.8, 4) is 12.8 Å². The molecular weight excluding hydrogens is 240 g/mol. The van der Waals surface area contributed by atoms with E-state index in [1.54, 1.807) is 0 Å². The Labute approximate surface area is 138 Å². The first-order valence-electron chi connectivity index (χ1n) is 9.70. The van der Waals surface area contributed by atoms with Crippen LogP contribution in [0.3, 0.4) is 0 Å². The van der Waals surface area contributed by atoms with Gasteiger partial charge in [0.05, 0.1) is 0 Å². The lowest BCUT2D eigenvalue weighted by atomic mass is 10.4. The van der Waals surface area contributed by atoms with Gasteiger partial charge in [0.15, 0.2) is 0 Å². The van der Waals surface area contributed by atoms with Crippen LogP contribution in [0.5, 0.6) is 0 Å². The molecule has 0 amide bonds. The van der Waals surface area contributed by atoms with Gasteiger partial charge in [-0.25, -0.2) is 0 Å². The molecule has 0 heterocycles. The average Bonchev–Trinajstić information content (AvgIpc) is 2.67. The maximum atomic E-state index is 5.74. The van der Waals surface area contributed by atoms with Crippen LogP contribution in [0.25, 0.3) is 0 Å². The van der Waals surface area contributed by atoms with Crippen LogP contribution < -0.4 is 0 Å². The van der Waals surface area contributed by atoms with Gasteiger partial charge in [0.2, 0.25) is 0 Å². The van der Waals surface area contributed by atoms with Gasteiger partial charge in [-0.3, -0.25) is 0 Å². The molecule has 0 aliphatic rings. The molecule has 0 aromatic rings. The van der Waals surface area contributed by atoms with Crippen molar-refractivity contribution < 1.29 is 1.37 Å². The molecule has 0 unspecified atom stereocenters. The number of hydrogen-bond acceptors (Lipinski definition) is 0. The Morgan fingerprint density at radius 3 is 0.550 bits per heavy atom. The van der Waals surface area contributed by atoms with Crippen LogP contribution in [0, 0.1) is 12.8 Å². The standard InChI is InChI=1S/C4H10.7C2H6.C2H2/c1-3-4-2;8*1-2/h3-4H2,1-2H3;7*1-2H3;1-2H/i;;;;;;;;1T. The van der Waals surface area contributed by atoms with Gasteiger partial charge in [-0.05, 0) is 0 Å². The van der Waals surface area contributed by atoms with Gasteiger partial charge in [0.1, 0.15) is 1.37 Å². The van der Waals surface area contributed by atoms with Gasteiger partial charge in [0, 0.05) is 0 Å². The summed E-state index contributed by atoms with van der Waals surface area (Å²) in [6.07, 6.45) is 8.40. The van der Waals surface area contributed by atoms with Crippen LogP contribution in [-0.2, 0) is 0 Å². The predicted molar refractivity (Wildman–Crippen MR) is 110 cm³/mol. The Bertz CT molecular complexity index is 42.3. The molecule has 0 spiro atoms. The lowest BCUT2D eigenvalue weighted by molar-refractivity contribution is 0.886. The van der Waals surface area contributed by atoms with Crippen molar-refractivity contribution in [2.75, 3.05) is 0 Å². The average molecular weight is 297 g/mol. The van der Waals surface area contributed by atoms with E-state index in [4.69, 9.17) is 1.37 Å². The van der Waals surface area contributed by atoms with Crippen molar-refractivity contribution in [1.82, 2.24) is 0 Å². The summed E-state index contributed by atoms with van der Waals surface area (Å²) in [6, 6.07) is 0. The van der Waals surface area contributed by atoms with E-state index >= 15 is 0 Å². The Morgan fingerprint density at radius 2 is 0.550 bits per heavy atom. The highest BCUT2D eigenvalue weighted by atomic mass is 13.6. The third-order valence-corrected chi connectivity index (χ3v) is 0.500. The molecule has 0 nitrogen and oxygen atoms in total. The Hall–Kier alpha value is -0.440. The van der Waals surface area contributed by atoms with Crippen molar-refractivity contribution in [2.24, 2.45) is 0 Å². The third-order valence-electron chi connectivity index (χ3n) is 0.500. The largest absolute Gasteiger partial charge is 0.124 e. The van der Waals surface area contributed by atoms with Crippen molar-refractivity contribution in [2.45, 2.75) is 124 Å². The highest BCUT2D eigenvalue weighted by Crippen LogP contribution is 1.76. The van der Waals surface area contributed by atoms with Crippen molar-refractivity contribution in [1.29, 1.82) is 0 Å². The summed E-state index contributed by atoms with van der Waals surface area (Å²) in [4.78, 5) is 0. The molecular formula is C20H54. The van der Waals surface area contributed by atoms with E-state index in [0.717, 1.165) is 0 Å². The summed E-state index contributed by atoms with van der Waals surface area (Å²) in [5, 5.41) is 0. The van der Waals surface area contributed by atoms with E-state index in [-0.39, 0.29) is 0 Å². The molecule has 0 saturated carbocycles. The summed E-state index contributed by atoms with van der Waals surface area (Å²) in [7, 11) is 0. The van der Waals surface area contributed by atoms with Crippen molar-refractivity contribution >= 4 is 0 Å². The maximum absolute atomic E-state index is 5.74. The molecule has 0 aliphatic heterocycles. The summed E-state index contributed by atoms with van der Waals surface area (Å²) >= 11 is 0. The Balaban J connectivity index is -0.0000000112. The third kappa shape index (κ3) is 15400. The van der Waals surface area contributed by atoms with E-state index < -0.39 is 0 Å². The maximum Gasteiger partial charge on any atom is 0.124 e. The molecule has 0 rings (SSSR count). The number of hydrogen-bond donors (Lipinski definition) is 0. The summed E-state index contributed by atoms with van der Waals surface area (Å²) in [6.45, 7) is 32.4. The predicted octanol–water partition coefficient (Wildman–Crippen LogP) is 9.24. The van der Waals surface area contributed by atoms with Gasteiger partial charge in [-0.15, -0.1) is 12.8 Å². The minimum atomic E-state index is 1.32. The fourth-order valence-corrected chi connectivity index (χ4v) is 0. The summed E-state index contributed by atoms with van der Waals surface area (Å²) in [5.74, 6) is 0. The lowest BCUT2D eigenvalue weighted by Crippen LogP contribution is -1.47. The minimum Gasteiger partial charge on any atom is -0.124 e. The zero-order chi connectivity index (χ0) is 20.1. The number of terminal acetylenes is 1. The molecule has 0 aromatic heterocycles. The topological polar surface area (TPSA) is 0 Å². The molecule has 0 heteroatoms. The normalized spacial score (nSPS) is 4.05. The molecule has 0 radical (unpaired) electrons. The fourth-order valence-electron chi connectivity index (χ4n) is 0. The number of rotatable bonds is 1. The van der Waals surface area contributed by atoms with Gasteiger partial charge >= 0.3 is 0 Å². The zero-order valence-electron chi connectivity index (χ0n) is 19.5. The van der Waals surface area contributed by atoms with E-state index in [1.807, 2.05) is 96.9 Å². The van der Waals surface area contributed by atoms with Gasteiger partial charge in [-0.2, -0.15) is 0 Å². The van der Waals surface area contributed by atoms with Gasteiger partial charge in [0.25, 0.3) is 0 Å². The fraction of sp³-hybridized carbons (Fsp3) is 0.900. The molecule has 134 valence electrons. The minimum absolute atomic E-state index is 1.32. The van der Waals surface area contributed by atoms with Crippen molar-refractivity contribution in [3.63, 3.8) is 0 Å². The SMILES string of the molecule is CC.CC.CC.CC.CC.CC.CC.CCCC.[3H]C#C. The molecule has 0 saturated heterocycles. The van der Waals surface area contributed by atoms with Crippen LogP contribution in [0.1, 0.15) is 125 Å². The van der Waals surface area contributed by atoms with Crippen LogP contribution in [0.2, 0.25) is 0 Å². The molecule has 0 atom stereocenters. The van der Waals surface area contributed by atoms with E-state index in [2.05, 4.69) is 20.3 Å². The van der Waals surface area contributed by atoms with E-state index in [1.165, 1.54) is 19.2 Å². The summed E-state index contributed by atoms with van der Waals surface area (Å²) in [5.41, 5.74) is 0.